The quantitative estimate of drug-likeness (QED) is 0.471. The molecule has 0 radical (unpaired) electrons. The number of para-hydroxylation sites is 2. The molecule has 0 saturated carbocycles. The monoisotopic (exact) mass is 400 g/mol. The van der Waals surface area contributed by atoms with Crippen LogP contribution in [0.5, 0.6) is 11.5 Å². The van der Waals surface area contributed by atoms with Gasteiger partial charge in [-0.15, -0.1) is 0 Å². The lowest BCUT2D eigenvalue weighted by molar-refractivity contribution is 0.0949. The molecule has 4 aromatic rings. The zero-order valence-electron chi connectivity index (χ0n) is 17.0. The van der Waals surface area contributed by atoms with Crippen LogP contribution < -0.4 is 14.8 Å². The third-order valence-electron chi connectivity index (χ3n) is 5.33. The Morgan fingerprint density at radius 1 is 0.933 bits per heavy atom. The summed E-state index contributed by atoms with van der Waals surface area (Å²) in [6.07, 6.45) is 2.02. The van der Waals surface area contributed by atoms with Gasteiger partial charge < -0.3 is 19.8 Å². The van der Waals surface area contributed by atoms with Crippen LogP contribution in [0.15, 0.2) is 79.0 Å². The first kappa shape index (κ1) is 19.6. The summed E-state index contributed by atoms with van der Waals surface area (Å²) in [7, 11) is 3.22. The van der Waals surface area contributed by atoms with E-state index in [0.717, 1.165) is 27.8 Å². The van der Waals surface area contributed by atoms with Crippen molar-refractivity contribution in [2.24, 2.45) is 0 Å². The molecule has 0 saturated heterocycles. The first-order valence-electron chi connectivity index (χ1n) is 9.82. The number of ether oxygens (including phenoxy) is 2. The van der Waals surface area contributed by atoms with Gasteiger partial charge in [0.1, 0.15) is 11.5 Å². The Morgan fingerprint density at radius 2 is 1.67 bits per heavy atom. The second kappa shape index (κ2) is 8.74. The van der Waals surface area contributed by atoms with E-state index in [1.165, 1.54) is 0 Å². The topological polar surface area (TPSA) is 63.4 Å². The highest BCUT2D eigenvalue weighted by Gasteiger charge is 2.20. The predicted octanol–water partition coefficient (Wildman–Crippen LogP) is 4.75. The Hall–Kier alpha value is -3.73. The Labute approximate surface area is 175 Å². The van der Waals surface area contributed by atoms with E-state index in [0.29, 0.717) is 17.9 Å². The van der Waals surface area contributed by atoms with Gasteiger partial charge >= 0.3 is 0 Å². The van der Waals surface area contributed by atoms with Crippen molar-refractivity contribution >= 4 is 16.8 Å². The number of aromatic amines is 1. The summed E-state index contributed by atoms with van der Waals surface area (Å²) < 4.78 is 10.6. The minimum absolute atomic E-state index is 0.0225. The normalized spacial score (nSPS) is 11.8. The molecule has 5 heteroatoms. The molecule has 0 bridgehead atoms. The van der Waals surface area contributed by atoms with E-state index in [4.69, 9.17) is 9.47 Å². The number of carbonyl (C=O) groups is 1. The van der Waals surface area contributed by atoms with Gasteiger partial charge in [-0.3, -0.25) is 4.79 Å². The van der Waals surface area contributed by atoms with Gasteiger partial charge in [-0.05, 0) is 41.5 Å². The molecular formula is C25H24N2O3. The van der Waals surface area contributed by atoms with Gasteiger partial charge in [0.25, 0.3) is 5.91 Å². The number of methoxy groups -OCH3 is 2. The average molecular weight is 400 g/mol. The number of amides is 1. The van der Waals surface area contributed by atoms with Crippen LogP contribution >= 0.6 is 0 Å². The highest BCUT2D eigenvalue weighted by molar-refractivity contribution is 5.97. The second-order valence-corrected chi connectivity index (χ2v) is 7.03. The van der Waals surface area contributed by atoms with Crippen LogP contribution in [0.4, 0.5) is 0 Å². The molecule has 2 N–H and O–H groups in total. The minimum atomic E-state index is -0.161. The maximum absolute atomic E-state index is 12.9. The Bertz CT molecular complexity index is 1150. The van der Waals surface area contributed by atoms with E-state index < -0.39 is 0 Å². The third-order valence-corrected chi connectivity index (χ3v) is 5.33. The van der Waals surface area contributed by atoms with E-state index in [-0.39, 0.29) is 11.8 Å². The first-order chi connectivity index (χ1) is 14.7. The van der Waals surface area contributed by atoms with Crippen molar-refractivity contribution in [3.8, 4) is 11.5 Å². The summed E-state index contributed by atoms with van der Waals surface area (Å²) in [4.78, 5) is 16.2. The molecule has 0 aliphatic heterocycles. The van der Waals surface area contributed by atoms with Gasteiger partial charge in [-0.1, -0.05) is 42.5 Å². The van der Waals surface area contributed by atoms with E-state index in [1.54, 1.807) is 26.4 Å². The molecule has 0 unspecified atom stereocenters. The van der Waals surface area contributed by atoms with Crippen LogP contribution in [-0.4, -0.2) is 31.7 Å². The molecule has 1 aromatic heterocycles. The molecule has 0 spiro atoms. The SMILES string of the molecule is COc1ccc([C@@H](CNC(=O)c2ccccc2OC)c2c[nH]c3ccccc23)cc1. The van der Waals surface area contributed by atoms with Crippen LogP contribution in [0.1, 0.15) is 27.4 Å². The minimum Gasteiger partial charge on any atom is -0.497 e. The van der Waals surface area contributed by atoms with Crippen LogP contribution in [-0.2, 0) is 0 Å². The number of carbonyl (C=O) groups excluding carboxylic acids is 1. The summed E-state index contributed by atoms with van der Waals surface area (Å²) in [6, 6.07) is 23.4. The van der Waals surface area contributed by atoms with Crippen molar-refractivity contribution in [3.05, 3.63) is 95.7 Å². The predicted molar refractivity (Wildman–Crippen MR) is 118 cm³/mol. The van der Waals surface area contributed by atoms with Gasteiger partial charge in [-0.2, -0.15) is 0 Å². The van der Waals surface area contributed by atoms with Crippen LogP contribution in [0.3, 0.4) is 0 Å². The van der Waals surface area contributed by atoms with Crippen molar-refractivity contribution in [1.29, 1.82) is 0 Å². The number of benzene rings is 3. The van der Waals surface area contributed by atoms with Crippen LogP contribution in [0, 0.1) is 0 Å². The molecule has 0 aliphatic rings. The summed E-state index contributed by atoms with van der Waals surface area (Å²) >= 11 is 0. The van der Waals surface area contributed by atoms with Gasteiger partial charge in [0, 0.05) is 29.6 Å². The number of nitrogens with one attached hydrogen (secondary N) is 2. The molecule has 4 rings (SSSR count). The maximum atomic E-state index is 12.9. The average Bonchev–Trinajstić information content (AvgIpc) is 3.23. The fourth-order valence-corrected chi connectivity index (χ4v) is 3.75. The Kier molecular flexibility index (Phi) is 5.70. The molecule has 1 amide bonds. The largest absolute Gasteiger partial charge is 0.497 e. The standard InChI is InChI=1S/C25H24N2O3/c1-29-18-13-11-17(12-14-18)21(22-16-26-23-9-5-3-7-19(22)23)15-27-25(28)20-8-4-6-10-24(20)30-2/h3-14,16,21,26H,15H2,1-2H3,(H,27,28)/t21-/m1/s1. The Balaban J connectivity index is 1.66. The van der Waals surface area contributed by atoms with Crippen LogP contribution in [0.2, 0.25) is 0 Å². The number of rotatable bonds is 7. The van der Waals surface area contributed by atoms with E-state index in [1.807, 2.05) is 54.7 Å². The molecule has 0 fully saturated rings. The number of hydrogen-bond acceptors (Lipinski definition) is 3. The lowest BCUT2D eigenvalue weighted by atomic mass is 9.90. The summed E-state index contributed by atoms with van der Waals surface area (Å²) in [5, 5.41) is 4.23. The van der Waals surface area contributed by atoms with Gasteiger partial charge in [-0.25, -0.2) is 0 Å². The fourth-order valence-electron chi connectivity index (χ4n) is 3.75. The number of fused-ring (bicyclic) bond motifs is 1. The highest BCUT2D eigenvalue weighted by atomic mass is 16.5. The molecule has 30 heavy (non-hydrogen) atoms. The van der Waals surface area contributed by atoms with Crippen molar-refractivity contribution in [2.45, 2.75) is 5.92 Å². The zero-order chi connectivity index (χ0) is 20.9. The summed E-state index contributed by atoms with van der Waals surface area (Å²) in [5.41, 5.74) is 3.83. The molecule has 1 heterocycles. The highest BCUT2D eigenvalue weighted by Crippen LogP contribution is 2.31. The number of aromatic nitrogens is 1. The Morgan fingerprint density at radius 3 is 2.43 bits per heavy atom. The van der Waals surface area contributed by atoms with Crippen molar-refractivity contribution < 1.29 is 14.3 Å². The maximum Gasteiger partial charge on any atom is 0.255 e. The van der Waals surface area contributed by atoms with Gasteiger partial charge in [0.2, 0.25) is 0 Å². The lowest BCUT2D eigenvalue weighted by Gasteiger charge is -2.19. The lowest BCUT2D eigenvalue weighted by Crippen LogP contribution is -2.29. The van der Waals surface area contributed by atoms with Gasteiger partial charge in [0.05, 0.1) is 19.8 Å². The van der Waals surface area contributed by atoms with Crippen molar-refractivity contribution in [1.82, 2.24) is 10.3 Å². The van der Waals surface area contributed by atoms with Crippen molar-refractivity contribution in [2.75, 3.05) is 20.8 Å². The molecule has 3 aromatic carbocycles. The third kappa shape index (κ3) is 3.87. The number of H-pyrrole nitrogens is 1. The van der Waals surface area contributed by atoms with Crippen LogP contribution in [0.25, 0.3) is 10.9 Å². The second-order valence-electron chi connectivity index (χ2n) is 7.03. The molecule has 5 nitrogen and oxygen atoms in total. The molecule has 152 valence electrons. The smallest absolute Gasteiger partial charge is 0.255 e. The molecular weight excluding hydrogens is 376 g/mol. The first-order valence-corrected chi connectivity index (χ1v) is 9.82. The fraction of sp³-hybridized carbons (Fsp3) is 0.160. The van der Waals surface area contributed by atoms with E-state index in [2.05, 4.69) is 22.4 Å². The zero-order valence-corrected chi connectivity index (χ0v) is 17.0. The van der Waals surface area contributed by atoms with E-state index in [9.17, 15) is 4.79 Å². The number of hydrogen-bond donors (Lipinski definition) is 2. The molecule has 1 atom stereocenters. The van der Waals surface area contributed by atoms with Gasteiger partial charge in [0.15, 0.2) is 0 Å². The van der Waals surface area contributed by atoms with E-state index >= 15 is 0 Å². The summed E-state index contributed by atoms with van der Waals surface area (Å²) in [5.74, 6) is 1.18. The molecule has 0 aliphatic carbocycles. The summed E-state index contributed by atoms with van der Waals surface area (Å²) in [6.45, 7) is 0.449. The van der Waals surface area contributed by atoms with Crippen molar-refractivity contribution in [3.63, 3.8) is 0 Å².